The normalized spacial score (nSPS) is 19.4. The second-order valence-corrected chi connectivity index (χ2v) is 4.23. The van der Waals surface area contributed by atoms with Crippen LogP contribution in [0, 0.1) is 5.92 Å². The zero-order valence-corrected chi connectivity index (χ0v) is 9.93. The number of hydrogen-bond donors (Lipinski definition) is 1. The number of ether oxygens (including phenoxy) is 1. The van der Waals surface area contributed by atoms with Crippen molar-refractivity contribution in [2.75, 3.05) is 31.6 Å². The van der Waals surface area contributed by atoms with Crippen molar-refractivity contribution in [1.29, 1.82) is 0 Å². The molecule has 1 saturated heterocycles. The minimum atomic E-state index is -0.356. The summed E-state index contributed by atoms with van der Waals surface area (Å²) in [5.41, 5.74) is 6.13. The van der Waals surface area contributed by atoms with Gasteiger partial charge < -0.3 is 15.4 Å². The number of rotatable bonds is 3. The van der Waals surface area contributed by atoms with Crippen molar-refractivity contribution in [2.45, 2.75) is 6.42 Å². The summed E-state index contributed by atoms with van der Waals surface area (Å²) in [6.07, 6.45) is 2.66. The highest BCUT2D eigenvalue weighted by Crippen LogP contribution is 2.21. The number of nitrogens with two attached hydrogens (primary N) is 1. The first-order valence-corrected chi connectivity index (χ1v) is 5.74. The Kier molecular flexibility index (Phi) is 3.58. The highest BCUT2D eigenvalue weighted by Gasteiger charge is 2.22. The number of carbonyl (C=O) groups is 1. The molecule has 0 bridgehead atoms. The summed E-state index contributed by atoms with van der Waals surface area (Å²) >= 11 is 0. The summed E-state index contributed by atoms with van der Waals surface area (Å²) in [5, 5.41) is 0. The smallest absolute Gasteiger partial charge is 0.339 e. The molecule has 17 heavy (non-hydrogen) atoms. The average molecular weight is 235 g/mol. The fourth-order valence-electron chi connectivity index (χ4n) is 2.04. The van der Waals surface area contributed by atoms with Crippen LogP contribution < -0.4 is 10.6 Å². The molecule has 92 valence electrons. The molecule has 2 rings (SSSR count). The zero-order chi connectivity index (χ0) is 12.3. The number of esters is 1. The van der Waals surface area contributed by atoms with Crippen LogP contribution in [0.2, 0.25) is 0 Å². The lowest BCUT2D eigenvalue weighted by molar-refractivity contribution is 0.0600. The fraction of sp³-hybridized carbons (Fsp3) is 0.500. The number of pyridine rings is 1. The second kappa shape index (κ2) is 5.14. The van der Waals surface area contributed by atoms with Crippen molar-refractivity contribution in [1.82, 2.24) is 4.98 Å². The van der Waals surface area contributed by atoms with Crippen LogP contribution in [0.15, 0.2) is 18.3 Å². The van der Waals surface area contributed by atoms with Gasteiger partial charge in [-0.1, -0.05) is 0 Å². The molecule has 0 spiro atoms. The van der Waals surface area contributed by atoms with Gasteiger partial charge in [0.25, 0.3) is 0 Å². The van der Waals surface area contributed by atoms with Gasteiger partial charge in [-0.3, -0.25) is 0 Å². The van der Waals surface area contributed by atoms with Crippen LogP contribution in [-0.4, -0.2) is 37.7 Å². The number of nitrogens with zero attached hydrogens (tertiary/aromatic N) is 2. The van der Waals surface area contributed by atoms with Crippen LogP contribution in [-0.2, 0) is 4.74 Å². The number of hydrogen-bond acceptors (Lipinski definition) is 5. The van der Waals surface area contributed by atoms with Gasteiger partial charge in [-0.05, 0) is 31.0 Å². The molecule has 2 heterocycles. The fourth-order valence-corrected chi connectivity index (χ4v) is 2.04. The Morgan fingerprint density at radius 2 is 2.47 bits per heavy atom. The predicted molar refractivity (Wildman–Crippen MR) is 65.0 cm³/mol. The van der Waals surface area contributed by atoms with Gasteiger partial charge in [0.05, 0.1) is 12.7 Å². The molecule has 0 radical (unpaired) electrons. The minimum Gasteiger partial charge on any atom is -0.465 e. The van der Waals surface area contributed by atoms with Crippen molar-refractivity contribution in [2.24, 2.45) is 11.7 Å². The highest BCUT2D eigenvalue weighted by atomic mass is 16.5. The maximum Gasteiger partial charge on any atom is 0.339 e. The van der Waals surface area contributed by atoms with Crippen molar-refractivity contribution in [3.8, 4) is 0 Å². The van der Waals surface area contributed by atoms with E-state index in [0.717, 1.165) is 31.9 Å². The van der Waals surface area contributed by atoms with E-state index < -0.39 is 0 Å². The van der Waals surface area contributed by atoms with Crippen LogP contribution in [0.5, 0.6) is 0 Å². The van der Waals surface area contributed by atoms with Crippen LogP contribution in [0.25, 0.3) is 0 Å². The Morgan fingerprint density at radius 3 is 3.00 bits per heavy atom. The third-order valence-electron chi connectivity index (χ3n) is 3.11. The summed E-state index contributed by atoms with van der Waals surface area (Å²) < 4.78 is 4.63. The Balaban J connectivity index is 2.06. The largest absolute Gasteiger partial charge is 0.465 e. The summed E-state index contributed by atoms with van der Waals surface area (Å²) in [5.74, 6) is 1.09. The summed E-state index contributed by atoms with van der Waals surface area (Å²) in [4.78, 5) is 17.7. The molecule has 1 aliphatic rings. The quantitative estimate of drug-likeness (QED) is 0.779. The molecule has 2 N–H and O–H groups in total. The first-order valence-electron chi connectivity index (χ1n) is 5.74. The molecule has 1 fully saturated rings. The van der Waals surface area contributed by atoms with Gasteiger partial charge in [0, 0.05) is 19.3 Å². The molecular formula is C12H17N3O2. The monoisotopic (exact) mass is 235 g/mol. The number of carbonyl (C=O) groups excluding carboxylic acids is 1. The van der Waals surface area contributed by atoms with Gasteiger partial charge in [0.1, 0.15) is 5.82 Å². The van der Waals surface area contributed by atoms with Crippen LogP contribution in [0.3, 0.4) is 0 Å². The lowest BCUT2D eigenvalue weighted by Gasteiger charge is -2.17. The maximum absolute atomic E-state index is 11.3. The molecule has 5 heteroatoms. The molecule has 1 aromatic rings. The Hall–Kier alpha value is -1.62. The lowest BCUT2D eigenvalue weighted by Crippen LogP contribution is -2.23. The molecule has 5 nitrogen and oxygen atoms in total. The van der Waals surface area contributed by atoms with Crippen LogP contribution in [0.1, 0.15) is 16.8 Å². The molecule has 0 aromatic carbocycles. The van der Waals surface area contributed by atoms with Crippen molar-refractivity contribution in [3.63, 3.8) is 0 Å². The first-order chi connectivity index (χ1) is 8.24. The Labute approximate surface area is 101 Å². The van der Waals surface area contributed by atoms with Crippen molar-refractivity contribution in [3.05, 3.63) is 23.9 Å². The topological polar surface area (TPSA) is 68.5 Å². The van der Waals surface area contributed by atoms with E-state index in [9.17, 15) is 4.79 Å². The summed E-state index contributed by atoms with van der Waals surface area (Å²) in [6.45, 7) is 2.64. The summed E-state index contributed by atoms with van der Waals surface area (Å²) in [7, 11) is 1.36. The third-order valence-corrected chi connectivity index (χ3v) is 3.11. The molecule has 1 unspecified atom stereocenters. The van der Waals surface area contributed by atoms with E-state index >= 15 is 0 Å². The highest BCUT2D eigenvalue weighted by molar-refractivity contribution is 5.89. The van der Waals surface area contributed by atoms with E-state index in [2.05, 4.69) is 14.6 Å². The summed E-state index contributed by atoms with van der Waals surface area (Å²) in [6, 6.07) is 3.59. The molecule has 1 aromatic heterocycles. The van der Waals surface area contributed by atoms with Crippen molar-refractivity contribution < 1.29 is 9.53 Å². The van der Waals surface area contributed by atoms with Gasteiger partial charge in [-0.15, -0.1) is 0 Å². The minimum absolute atomic E-state index is 0.356. The molecule has 1 aliphatic heterocycles. The maximum atomic E-state index is 11.3. The second-order valence-electron chi connectivity index (χ2n) is 4.23. The van der Waals surface area contributed by atoms with E-state index in [1.807, 2.05) is 6.07 Å². The van der Waals surface area contributed by atoms with Crippen LogP contribution >= 0.6 is 0 Å². The first kappa shape index (κ1) is 11.9. The molecule has 0 amide bonds. The van der Waals surface area contributed by atoms with Crippen LogP contribution in [0.4, 0.5) is 5.82 Å². The Bertz CT molecular complexity index is 391. The average Bonchev–Trinajstić information content (AvgIpc) is 2.87. The molecule has 1 atom stereocenters. The Morgan fingerprint density at radius 1 is 1.65 bits per heavy atom. The van der Waals surface area contributed by atoms with E-state index in [1.54, 1.807) is 12.3 Å². The SMILES string of the molecule is COC(=O)c1ccc(N2CCC(CN)C2)nc1. The zero-order valence-electron chi connectivity index (χ0n) is 9.93. The van der Waals surface area contributed by atoms with E-state index in [-0.39, 0.29) is 5.97 Å². The van der Waals surface area contributed by atoms with E-state index in [1.165, 1.54) is 7.11 Å². The molecular weight excluding hydrogens is 218 g/mol. The number of methoxy groups -OCH3 is 1. The van der Waals surface area contributed by atoms with Crippen molar-refractivity contribution >= 4 is 11.8 Å². The van der Waals surface area contributed by atoms with E-state index in [0.29, 0.717) is 11.5 Å². The molecule has 0 saturated carbocycles. The molecule has 0 aliphatic carbocycles. The van der Waals surface area contributed by atoms with Gasteiger partial charge >= 0.3 is 5.97 Å². The van der Waals surface area contributed by atoms with Gasteiger partial charge in [0.2, 0.25) is 0 Å². The van der Waals surface area contributed by atoms with Gasteiger partial charge in [-0.25, -0.2) is 9.78 Å². The standard InChI is InChI=1S/C12H17N3O2/c1-17-12(16)10-2-3-11(14-7-10)15-5-4-9(6-13)8-15/h2-3,7,9H,4-6,8,13H2,1H3. The number of anilines is 1. The number of aromatic nitrogens is 1. The predicted octanol–water partition coefficient (Wildman–Crippen LogP) is 0.653. The van der Waals surface area contributed by atoms with E-state index in [4.69, 9.17) is 5.73 Å². The van der Waals surface area contributed by atoms with Gasteiger partial charge in [0.15, 0.2) is 0 Å². The third kappa shape index (κ3) is 2.55. The van der Waals surface area contributed by atoms with Gasteiger partial charge in [-0.2, -0.15) is 0 Å². The lowest BCUT2D eigenvalue weighted by atomic mass is 10.1.